The number of aromatic nitrogens is 3. The van der Waals surface area contributed by atoms with Crippen LogP contribution in [0.15, 0.2) is 66.7 Å². The van der Waals surface area contributed by atoms with Crippen LogP contribution in [-0.4, -0.2) is 20.3 Å². The predicted molar refractivity (Wildman–Crippen MR) is 174 cm³/mol. The van der Waals surface area contributed by atoms with Crippen LogP contribution in [0.5, 0.6) is 0 Å². The molecule has 0 N–H and O–H groups in total. The Balaban J connectivity index is 0.000000909. The summed E-state index contributed by atoms with van der Waals surface area (Å²) >= 11 is 0. The molecule has 0 saturated heterocycles. The van der Waals surface area contributed by atoms with Crippen LogP contribution in [-0.2, 0) is 5.41 Å². The highest BCUT2D eigenvalue weighted by Gasteiger charge is 2.34. The molecular weight excluding hydrogens is 505 g/mol. The van der Waals surface area contributed by atoms with E-state index in [9.17, 15) is 0 Å². The average Bonchev–Trinajstić information content (AvgIpc) is 3.47. The van der Waals surface area contributed by atoms with Crippen molar-refractivity contribution in [1.29, 1.82) is 0 Å². The first-order valence-electron chi connectivity index (χ1n) is 14.9. The molecule has 2 heterocycles. The smallest absolute Gasteiger partial charge is 0.220 e. The molecule has 0 radical (unpaired) electrons. The molecule has 0 bridgehead atoms. The van der Waals surface area contributed by atoms with Gasteiger partial charge in [-0.3, -0.25) is 9.13 Å². The number of para-hydroxylation sites is 1. The van der Waals surface area contributed by atoms with E-state index in [4.69, 9.17) is 4.98 Å². The Morgan fingerprint density at radius 2 is 1.41 bits per heavy atom. The van der Waals surface area contributed by atoms with Gasteiger partial charge in [0.15, 0.2) is 0 Å². The van der Waals surface area contributed by atoms with Gasteiger partial charge in [0.1, 0.15) is 6.17 Å². The number of hydrogen-bond donors (Lipinski definition) is 0. The third-order valence-electron chi connectivity index (χ3n) is 8.31. The molecule has 41 heavy (non-hydrogen) atoms. The van der Waals surface area contributed by atoms with E-state index in [1.807, 2.05) is 26.0 Å². The quantitative estimate of drug-likeness (QED) is 0.206. The first-order chi connectivity index (χ1) is 19.4. The molecule has 216 valence electrons. The highest BCUT2D eigenvalue weighted by Crippen LogP contribution is 2.39. The lowest BCUT2D eigenvalue weighted by atomic mass is 9.84. The second-order valence-electron chi connectivity index (χ2n) is 12.1. The summed E-state index contributed by atoms with van der Waals surface area (Å²) in [5.74, 6) is 0.786. The summed E-state index contributed by atoms with van der Waals surface area (Å²) in [5, 5.41) is 1.08. The van der Waals surface area contributed by atoms with Crippen LogP contribution in [0.3, 0.4) is 0 Å². The lowest BCUT2D eigenvalue weighted by molar-refractivity contribution is 0.230. The molecule has 5 aromatic rings. The maximum atomic E-state index is 15.1. The van der Waals surface area contributed by atoms with Gasteiger partial charge >= 0.3 is 0 Å². The number of imidazole rings is 1. The number of unbranched alkanes of at least 4 members (excludes halogenated alkanes) is 1. The molecule has 0 amide bonds. The molecule has 1 atom stereocenters. The summed E-state index contributed by atoms with van der Waals surface area (Å²) in [6.45, 7) is 20.7. The van der Waals surface area contributed by atoms with Gasteiger partial charge in [0, 0.05) is 27.8 Å². The Morgan fingerprint density at radius 3 is 2.00 bits per heavy atom. The Hall–Kier alpha value is -3.66. The van der Waals surface area contributed by atoms with Crippen molar-refractivity contribution >= 4 is 10.9 Å². The fraction of sp³-hybridized carbons (Fsp3) is 0.378. The van der Waals surface area contributed by atoms with Crippen molar-refractivity contribution in [2.75, 3.05) is 0 Å². The fourth-order valence-corrected chi connectivity index (χ4v) is 5.54. The van der Waals surface area contributed by atoms with E-state index in [2.05, 4.69) is 112 Å². The summed E-state index contributed by atoms with van der Waals surface area (Å²) in [6.07, 6.45) is 1.60. The van der Waals surface area contributed by atoms with Crippen LogP contribution in [0.4, 0.5) is 4.39 Å². The van der Waals surface area contributed by atoms with E-state index >= 15 is 4.39 Å². The lowest BCUT2D eigenvalue weighted by Gasteiger charge is -2.28. The normalized spacial score (nSPS) is 12.4. The number of fused-ring (bicyclic) bond motifs is 1. The first kappa shape index (κ1) is 30.3. The summed E-state index contributed by atoms with van der Waals surface area (Å²) in [6, 6.07) is 23.3. The van der Waals surface area contributed by atoms with Crippen molar-refractivity contribution in [2.24, 2.45) is 0 Å². The molecule has 0 spiro atoms. The van der Waals surface area contributed by atoms with Crippen molar-refractivity contribution in [3.8, 4) is 22.9 Å². The van der Waals surface area contributed by atoms with E-state index in [-0.39, 0.29) is 0 Å². The highest BCUT2D eigenvalue weighted by molar-refractivity contribution is 5.84. The van der Waals surface area contributed by atoms with Gasteiger partial charge < -0.3 is 0 Å². The lowest BCUT2D eigenvalue weighted by Crippen LogP contribution is -2.31. The van der Waals surface area contributed by atoms with Crippen LogP contribution < -0.4 is 0 Å². The van der Waals surface area contributed by atoms with E-state index in [1.54, 1.807) is 6.92 Å². The third kappa shape index (κ3) is 5.75. The van der Waals surface area contributed by atoms with Gasteiger partial charge in [-0.15, -0.1) is 0 Å². The number of hydrogen-bond acceptors (Lipinski definition) is 1. The van der Waals surface area contributed by atoms with Gasteiger partial charge in [0.25, 0.3) is 0 Å². The molecule has 0 aliphatic carbocycles. The SMILES string of the molecule is CCCC.Cc1cccc(-c2nc(-n3c(C(C)(C)[C@@H](C)F)cc4ccccc43)n(-c3c(C)cc(C)cc3C)c2C)c1. The second-order valence-corrected chi connectivity index (χ2v) is 12.1. The minimum Gasteiger partial charge on any atom is -0.283 e. The van der Waals surface area contributed by atoms with E-state index in [1.165, 1.54) is 35.1 Å². The zero-order valence-corrected chi connectivity index (χ0v) is 26.6. The molecule has 3 aromatic carbocycles. The van der Waals surface area contributed by atoms with E-state index < -0.39 is 11.6 Å². The van der Waals surface area contributed by atoms with Gasteiger partial charge in [-0.25, -0.2) is 9.37 Å². The Kier molecular flexibility index (Phi) is 8.91. The van der Waals surface area contributed by atoms with Crippen molar-refractivity contribution in [1.82, 2.24) is 14.1 Å². The number of nitrogens with zero attached hydrogens (tertiary/aromatic N) is 3. The molecular formula is C37H46FN3. The Bertz CT molecular complexity index is 1640. The fourth-order valence-electron chi connectivity index (χ4n) is 5.54. The van der Waals surface area contributed by atoms with Gasteiger partial charge in [-0.1, -0.05) is 100 Å². The van der Waals surface area contributed by atoms with Crippen LogP contribution in [0, 0.1) is 34.6 Å². The standard InChI is InChI=1S/C33H36FN3.C4H10/c1-20-12-11-14-27(18-20)30-24(5)36(31-22(3)16-21(2)17-23(31)4)32(35-30)37-28-15-10-9-13-26(28)19-29(37)33(7,8)25(6)34;1-3-4-2/h9-19,25H,1-8H3;3-4H2,1-2H3/t25-;/m1./s1. The summed E-state index contributed by atoms with van der Waals surface area (Å²) in [5.41, 5.74) is 10.2. The minimum atomic E-state index is -1.04. The maximum Gasteiger partial charge on any atom is 0.220 e. The summed E-state index contributed by atoms with van der Waals surface area (Å²) in [7, 11) is 0. The van der Waals surface area contributed by atoms with Crippen LogP contribution in [0.25, 0.3) is 33.8 Å². The number of alkyl halides is 1. The molecule has 0 aliphatic rings. The molecule has 5 rings (SSSR count). The topological polar surface area (TPSA) is 22.8 Å². The van der Waals surface area contributed by atoms with Crippen molar-refractivity contribution in [3.05, 3.63) is 100 Å². The van der Waals surface area contributed by atoms with Gasteiger partial charge in [0.2, 0.25) is 5.95 Å². The number of halogens is 1. The van der Waals surface area contributed by atoms with Crippen LogP contribution in [0.1, 0.15) is 81.1 Å². The van der Waals surface area contributed by atoms with Gasteiger partial charge in [0.05, 0.1) is 16.9 Å². The summed E-state index contributed by atoms with van der Waals surface area (Å²) in [4.78, 5) is 5.33. The van der Waals surface area contributed by atoms with Crippen LogP contribution >= 0.6 is 0 Å². The molecule has 0 unspecified atom stereocenters. The van der Waals surface area contributed by atoms with Crippen molar-refractivity contribution in [3.63, 3.8) is 0 Å². The molecule has 3 nitrogen and oxygen atoms in total. The maximum absolute atomic E-state index is 15.1. The molecule has 2 aromatic heterocycles. The van der Waals surface area contributed by atoms with Gasteiger partial charge in [-0.05, 0) is 70.9 Å². The molecule has 4 heteroatoms. The minimum absolute atomic E-state index is 0.718. The van der Waals surface area contributed by atoms with E-state index in [0.29, 0.717) is 0 Å². The van der Waals surface area contributed by atoms with Crippen molar-refractivity contribution < 1.29 is 4.39 Å². The summed E-state index contributed by atoms with van der Waals surface area (Å²) < 4.78 is 19.6. The number of rotatable bonds is 6. The molecule has 0 fully saturated rings. The highest BCUT2D eigenvalue weighted by atomic mass is 19.1. The molecule has 0 saturated carbocycles. The Morgan fingerprint density at radius 1 is 0.780 bits per heavy atom. The largest absolute Gasteiger partial charge is 0.283 e. The monoisotopic (exact) mass is 551 g/mol. The van der Waals surface area contributed by atoms with Crippen LogP contribution in [0.2, 0.25) is 0 Å². The second kappa shape index (κ2) is 12.1. The average molecular weight is 552 g/mol. The van der Waals surface area contributed by atoms with Crippen molar-refractivity contribution in [2.45, 2.75) is 93.7 Å². The number of benzene rings is 3. The predicted octanol–water partition coefficient (Wildman–Crippen LogP) is 10.5. The Labute approximate surface area is 246 Å². The third-order valence-corrected chi connectivity index (χ3v) is 8.31. The molecule has 0 aliphatic heterocycles. The zero-order chi connectivity index (χ0) is 30.1. The zero-order valence-electron chi connectivity index (χ0n) is 26.6. The van der Waals surface area contributed by atoms with E-state index in [0.717, 1.165) is 45.2 Å². The number of aryl methyl sites for hydroxylation is 4. The first-order valence-corrected chi connectivity index (χ1v) is 14.9. The van der Waals surface area contributed by atoms with Gasteiger partial charge in [-0.2, -0.15) is 0 Å².